The van der Waals surface area contributed by atoms with Crippen LogP contribution in [0.5, 0.6) is 11.5 Å². The molecule has 1 fully saturated rings. The molecule has 1 aliphatic rings. The van der Waals surface area contributed by atoms with Crippen molar-refractivity contribution in [2.75, 3.05) is 39.9 Å². The molecule has 35 heavy (non-hydrogen) atoms. The summed E-state index contributed by atoms with van der Waals surface area (Å²) in [7, 11) is 1.54. The average molecular weight is 501 g/mol. The van der Waals surface area contributed by atoms with E-state index in [0.717, 1.165) is 19.6 Å². The summed E-state index contributed by atoms with van der Waals surface area (Å²) < 4.78 is 11.0. The van der Waals surface area contributed by atoms with E-state index in [4.69, 9.17) is 21.1 Å². The lowest BCUT2D eigenvalue weighted by molar-refractivity contribution is -0.140. The summed E-state index contributed by atoms with van der Waals surface area (Å²) in [4.78, 5) is 30.2. The number of halogens is 1. The number of methoxy groups -OCH3 is 1. The van der Waals surface area contributed by atoms with E-state index in [1.165, 1.54) is 18.1 Å². The molecule has 1 aliphatic heterocycles. The van der Waals surface area contributed by atoms with Gasteiger partial charge in [0.05, 0.1) is 30.4 Å². The van der Waals surface area contributed by atoms with Crippen molar-refractivity contribution >= 4 is 29.1 Å². The van der Waals surface area contributed by atoms with E-state index < -0.39 is 17.7 Å². The number of aliphatic hydroxyl groups excluding tert-OH is 1. The van der Waals surface area contributed by atoms with E-state index in [2.05, 4.69) is 18.7 Å². The van der Waals surface area contributed by atoms with Crippen molar-refractivity contribution in [3.8, 4) is 11.5 Å². The van der Waals surface area contributed by atoms with Gasteiger partial charge >= 0.3 is 0 Å². The van der Waals surface area contributed by atoms with Crippen LogP contribution in [0.4, 0.5) is 0 Å². The van der Waals surface area contributed by atoms with Gasteiger partial charge in [0.15, 0.2) is 0 Å². The molecule has 0 unspecified atom stereocenters. The molecule has 1 heterocycles. The quantitative estimate of drug-likeness (QED) is 0.268. The van der Waals surface area contributed by atoms with Crippen LogP contribution in [0.3, 0.4) is 0 Å². The molecule has 1 N–H and O–H groups in total. The summed E-state index contributed by atoms with van der Waals surface area (Å²) in [6.07, 6.45) is 0.690. The first kappa shape index (κ1) is 26.6. The Morgan fingerprint density at radius 3 is 2.43 bits per heavy atom. The minimum absolute atomic E-state index is 0.0163. The predicted octanol–water partition coefficient (Wildman–Crippen LogP) is 4.90. The van der Waals surface area contributed by atoms with Crippen molar-refractivity contribution < 1.29 is 24.2 Å². The van der Waals surface area contributed by atoms with Gasteiger partial charge in [-0.2, -0.15) is 0 Å². The average Bonchev–Trinajstić information content (AvgIpc) is 3.12. The van der Waals surface area contributed by atoms with E-state index in [9.17, 15) is 14.7 Å². The van der Waals surface area contributed by atoms with Gasteiger partial charge in [0.25, 0.3) is 11.7 Å². The van der Waals surface area contributed by atoms with Crippen LogP contribution >= 0.6 is 11.6 Å². The molecule has 2 aromatic carbocycles. The molecule has 0 spiro atoms. The highest BCUT2D eigenvalue weighted by Gasteiger charge is 2.46. The zero-order valence-electron chi connectivity index (χ0n) is 20.7. The van der Waals surface area contributed by atoms with Gasteiger partial charge in [0, 0.05) is 17.7 Å². The van der Waals surface area contributed by atoms with Crippen LogP contribution in [-0.2, 0) is 9.59 Å². The third-order valence-electron chi connectivity index (χ3n) is 6.25. The Kier molecular flexibility index (Phi) is 9.18. The first-order valence-electron chi connectivity index (χ1n) is 11.9. The largest absolute Gasteiger partial charge is 0.507 e. The van der Waals surface area contributed by atoms with E-state index in [1.807, 2.05) is 25.1 Å². The topological polar surface area (TPSA) is 79.3 Å². The number of rotatable bonds is 11. The first-order chi connectivity index (χ1) is 16.9. The highest BCUT2D eigenvalue weighted by atomic mass is 35.5. The molecule has 8 heteroatoms. The first-order valence-corrected chi connectivity index (χ1v) is 12.3. The van der Waals surface area contributed by atoms with Gasteiger partial charge in [-0.05, 0) is 57.2 Å². The lowest BCUT2D eigenvalue weighted by Gasteiger charge is -2.27. The Hall–Kier alpha value is -3.03. The van der Waals surface area contributed by atoms with Crippen molar-refractivity contribution in [1.82, 2.24) is 9.80 Å². The monoisotopic (exact) mass is 500 g/mol. The number of para-hydroxylation sites is 1. The molecule has 1 amide bonds. The molecular weight excluding hydrogens is 468 g/mol. The molecule has 188 valence electrons. The van der Waals surface area contributed by atoms with Gasteiger partial charge in [-0.1, -0.05) is 43.6 Å². The summed E-state index contributed by atoms with van der Waals surface area (Å²) in [5.74, 6) is -0.645. The van der Waals surface area contributed by atoms with Crippen molar-refractivity contribution in [2.45, 2.75) is 33.2 Å². The van der Waals surface area contributed by atoms with E-state index >= 15 is 0 Å². The minimum Gasteiger partial charge on any atom is -0.507 e. The molecule has 7 nitrogen and oxygen atoms in total. The highest BCUT2D eigenvalue weighted by molar-refractivity contribution is 6.46. The maximum absolute atomic E-state index is 13.3. The molecule has 0 saturated carbocycles. The molecule has 1 saturated heterocycles. The molecule has 1 atom stereocenters. The van der Waals surface area contributed by atoms with Gasteiger partial charge < -0.3 is 24.4 Å². The molecule has 0 radical (unpaired) electrons. The number of likely N-dealkylation sites (tertiary alicyclic amines) is 1. The summed E-state index contributed by atoms with van der Waals surface area (Å²) in [5, 5.41) is 11.6. The number of benzene rings is 2. The molecule has 0 aromatic heterocycles. The SMILES string of the molecule is CCOc1ccc(C(O)=C2C(=O)C(=O)N(CCCN(CC)CC)[C@H]2c2ccccc2OC)cc1Cl. The third kappa shape index (κ3) is 5.63. The summed E-state index contributed by atoms with van der Waals surface area (Å²) in [6.45, 7) is 9.44. The number of carbonyl (C=O) groups excluding carboxylic acids is 2. The second-order valence-electron chi connectivity index (χ2n) is 8.19. The van der Waals surface area contributed by atoms with Crippen molar-refractivity contribution in [1.29, 1.82) is 0 Å². The number of amides is 1. The number of carbonyl (C=O) groups is 2. The Bertz CT molecular complexity index is 1100. The van der Waals surface area contributed by atoms with Gasteiger partial charge in [-0.25, -0.2) is 0 Å². The lowest BCUT2D eigenvalue weighted by atomic mass is 9.94. The van der Waals surface area contributed by atoms with Crippen LogP contribution in [0.2, 0.25) is 5.02 Å². The van der Waals surface area contributed by atoms with Gasteiger partial charge in [0.2, 0.25) is 0 Å². The van der Waals surface area contributed by atoms with Crippen molar-refractivity contribution in [3.05, 3.63) is 64.2 Å². The zero-order chi connectivity index (χ0) is 25.5. The van der Waals surface area contributed by atoms with E-state index in [1.54, 1.807) is 18.2 Å². The smallest absolute Gasteiger partial charge is 0.295 e. The van der Waals surface area contributed by atoms with Crippen molar-refractivity contribution in [2.24, 2.45) is 0 Å². The second-order valence-corrected chi connectivity index (χ2v) is 8.60. The van der Waals surface area contributed by atoms with Crippen LogP contribution < -0.4 is 9.47 Å². The van der Waals surface area contributed by atoms with Crippen LogP contribution in [0, 0.1) is 0 Å². The lowest BCUT2D eigenvalue weighted by Crippen LogP contribution is -2.33. The predicted molar refractivity (Wildman–Crippen MR) is 137 cm³/mol. The normalized spacial score (nSPS) is 17.3. The number of nitrogens with zero attached hydrogens (tertiary/aromatic N) is 2. The number of ether oxygens (including phenoxy) is 2. The highest BCUT2D eigenvalue weighted by Crippen LogP contribution is 2.43. The minimum atomic E-state index is -0.784. The van der Waals surface area contributed by atoms with E-state index in [-0.39, 0.29) is 11.3 Å². The number of Topliss-reactive ketones (excluding diaryl/α,β-unsaturated/α-hetero) is 1. The van der Waals surface area contributed by atoms with Crippen LogP contribution in [0.15, 0.2) is 48.0 Å². The fraction of sp³-hybridized carbons (Fsp3) is 0.407. The molecule has 0 aliphatic carbocycles. The summed E-state index contributed by atoms with van der Waals surface area (Å²) >= 11 is 6.33. The fourth-order valence-electron chi connectivity index (χ4n) is 4.41. The maximum Gasteiger partial charge on any atom is 0.295 e. The van der Waals surface area contributed by atoms with Crippen LogP contribution in [-0.4, -0.2) is 66.5 Å². The fourth-order valence-corrected chi connectivity index (χ4v) is 4.64. The van der Waals surface area contributed by atoms with Crippen molar-refractivity contribution in [3.63, 3.8) is 0 Å². The van der Waals surface area contributed by atoms with Crippen LogP contribution in [0.1, 0.15) is 44.4 Å². The Morgan fingerprint density at radius 2 is 1.80 bits per heavy atom. The summed E-state index contributed by atoms with van der Waals surface area (Å²) in [5.41, 5.74) is 0.984. The number of ketones is 1. The van der Waals surface area contributed by atoms with Gasteiger partial charge in [-0.15, -0.1) is 0 Å². The third-order valence-corrected chi connectivity index (χ3v) is 6.54. The molecule has 3 rings (SSSR count). The second kappa shape index (κ2) is 12.1. The van der Waals surface area contributed by atoms with E-state index in [0.29, 0.717) is 47.2 Å². The Morgan fingerprint density at radius 1 is 1.09 bits per heavy atom. The molecular formula is C27H33ClN2O5. The zero-order valence-corrected chi connectivity index (χ0v) is 21.5. The number of hydrogen-bond acceptors (Lipinski definition) is 6. The number of aliphatic hydroxyl groups is 1. The van der Waals surface area contributed by atoms with Gasteiger partial charge in [-0.3, -0.25) is 9.59 Å². The summed E-state index contributed by atoms with van der Waals surface area (Å²) in [6, 6.07) is 11.2. The Labute approximate surface area is 211 Å². The molecule has 2 aromatic rings. The number of hydrogen-bond donors (Lipinski definition) is 1. The van der Waals surface area contributed by atoms with Gasteiger partial charge in [0.1, 0.15) is 17.3 Å². The van der Waals surface area contributed by atoms with Crippen LogP contribution in [0.25, 0.3) is 5.76 Å². The standard InChI is InChI=1S/C27H33ClN2O5/c1-5-29(6-2)15-10-16-30-24(19-11-8-9-12-21(19)34-4)23(26(32)27(30)33)25(31)18-13-14-22(35-7-3)20(28)17-18/h8-9,11-14,17,24,31H,5-7,10,15-16H2,1-4H3/t24-/m0/s1. The molecule has 0 bridgehead atoms. The maximum atomic E-state index is 13.3. The Balaban J connectivity index is 2.08.